The summed E-state index contributed by atoms with van der Waals surface area (Å²) in [6.45, 7) is 5.36. The number of primary amides is 1. The number of hydrogen-bond acceptors (Lipinski definition) is 4. The Labute approximate surface area is 272 Å². The van der Waals surface area contributed by atoms with Gasteiger partial charge in [-0.1, -0.05) is 32.9 Å². The first-order valence-corrected chi connectivity index (χ1v) is 15.6. The van der Waals surface area contributed by atoms with Gasteiger partial charge in [0.15, 0.2) is 5.69 Å². The van der Waals surface area contributed by atoms with Crippen molar-refractivity contribution in [1.82, 2.24) is 20.1 Å². The van der Waals surface area contributed by atoms with E-state index in [2.05, 4.69) is 15.4 Å². The molecule has 0 spiro atoms. The van der Waals surface area contributed by atoms with Gasteiger partial charge in [0, 0.05) is 34.5 Å². The first-order chi connectivity index (χ1) is 22.6. The first kappa shape index (κ1) is 33.2. The number of carbonyl (C=O) groups excluding carboxylic acids is 2. The van der Waals surface area contributed by atoms with Gasteiger partial charge in [-0.2, -0.15) is 18.3 Å². The van der Waals surface area contributed by atoms with Gasteiger partial charge in [0.1, 0.15) is 24.0 Å². The van der Waals surface area contributed by atoms with Crippen LogP contribution in [0.5, 0.6) is 0 Å². The van der Waals surface area contributed by atoms with Gasteiger partial charge >= 0.3 is 6.18 Å². The highest BCUT2D eigenvalue weighted by Crippen LogP contribution is 2.64. The summed E-state index contributed by atoms with van der Waals surface area (Å²) < 4.78 is 86.9. The molecule has 2 aromatic heterocycles. The van der Waals surface area contributed by atoms with E-state index in [1.165, 1.54) is 18.3 Å². The summed E-state index contributed by atoms with van der Waals surface area (Å²) in [4.78, 5) is 30.1. The Morgan fingerprint density at radius 1 is 1.08 bits per heavy atom. The molecule has 13 heteroatoms. The average Bonchev–Trinajstić information content (AvgIpc) is 3.63. The smallest absolute Gasteiger partial charge is 0.366 e. The fourth-order valence-corrected chi connectivity index (χ4v) is 8.18. The Balaban J connectivity index is 1.40. The minimum Gasteiger partial charge on any atom is -0.366 e. The summed E-state index contributed by atoms with van der Waals surface area (Å²) in [7, 11) is 0. The molecule has 3 N–H and O–H groups in total. The first-order valence-electron chi connectivity index (χ1n) is 15.6. The number of benzene rings is 2. The van der Waals surface area contributed by atoms with Crippen molar-refractivity contribution in [2.45, 2.75) is 70.1 Å². The lowest BCUT2D eigenvalue weighted by Gasteiger charge is -2.32. The number of nitrogens with one attached hydrogen (secondary N) is 1. The van der Waals surface area contributed by atoms with Crippen LogP contribution in [0, 0.1) is 29.3 Å². The molecule has 4 unspecified atom stereocenters. The van der Waals surface area contributed by atoms with Crippen LogP contribution in [0.2, 0.25) is 0 Å². The molecule has 2 bridgehead atoms. The van der Waals surface area contributed by atoms with E-state index in [0.717, 1.165) is 22.9 Å². The summed E-state index contributed by atoms with van der Waals surface area (Å²) in [5.41, 5.74) is 4.97. The van der Waals surface area contributed by atoms with Gasteiger partial charge in [-0.05, 0) is 78.5 Å². The Bertz CT molecular complexity index is 1900. The van der Waals surface area contributed by atoms with Crippen LogP contribution >= 0.6 is 0 Å². The molecule has 6 rings (SSSR count). The fraction of sp³-hybridized carbons (Fsp3) is 0.371. The van der Waals surface area contributed by atoms with E-state index >= 15 is 0 Å². The largest absolute Gasteiger partial charge is 0.435 e. The summed E-state index contributed by atoms with van der Waals surface area (Å²) in [5.74, 6) is -4.54. The van der Waals surface area contributed by atoms with Crippen LogP contribution in [0.25, 0.3) is 11.1 Å². The van der Waals surface area contributed by atoms with Crippen molar-refractivity contribution in [3.63, 3.8) is 0 Å². The number of aromatic nitrogens is 3. The number of pyridine rings is 1. The number of amides is 2. The molecule has 4 atom stereocenters. The lowest BCUT2D eigenvalue weighted by molar-refractivity contribution is -0.142. The third kappa shape index (κ3) is 5.83. The molecule has 0 saturated heterocycles. The molecule has 252 valence electrons. The van der Waals surface area contributed by atoms with E-state index < -0.39 is 59.1 Å². The molecule has 2 amide bonds. The van der Waals surface area contributed by atoms with Crippen LogP contribution in [-0.2, 0) is 29.4 Å². The SMILES string of the molecule is CC(C)C1C2CCC1(C)c1c2c(C(F)(F)F)nn1CC(=O)NC(Cc1cc(F)cc(F)c1)c1ncccc1-c1ccc(F)c(C(N)=O)c1. The highest BCUT2D eigenvalue weighted by molar-refractivity contribution is 5.94. The molecular weight excluding hydrogens is 636 g/mol. The molecule has 2 aliphatic rings. The van der Waals surface area contributed by atoms with E-state index in [1.54, 1.807) is 12.1 Å². The molecule has 2 aromatic carbocycles. The summed E-state index contributed by atoms with van der Waals surface area (Å²) in [5, 5.41) is 6.75. The fourth-order valence-electron chi connectivity index (χ4n) is 8.18. The van der Waals surface area contributed by atoms with Gasteiger partial charge in [-0.25, -0.2) is 13.2 Å². The molecule has 0 aliphatic heterocycles. The topological polar surface area (TPSA) is 103 Å². The van der Waals surface area contributed by atoms with E-state index in [-0.39, 0.29) is 46.6 Å². The maximum Gasteiger partial charge on any atom is 0.435 e. The van der Waals surface area contributed by atoms with Crippen molar-refractivity contribution in [2.24, 2.45) is 17.6 Å². The maximum absolute atomic E-state index is 14.3. The number of fused-ring (bicyclic) bond motifs is 5. The van der Waals surface area contributed by atoms with Crippen molar-refractivity contribution in [2.75, 3.05) is 0 Å². The van der Waals surface area contributed by atoms with Crippen molar-refractivity contribution < 1.29 is 35.9 Å². The molecule has 0 radical (unpaired) electrons. The number of rotatable bonds is 9. The zero-order valence-corrected chi connectivity index (χ0v) is 26.3. The quantitative estimate of drug-likeness (QED) is 0.187. The summed E-state index contributed by atoms with van der Waals surface area (Å²) in [6.07, 6.45) is -2.21. The predicted molar refractivity (Wildman–Crippen MR) is 164 cm³/mol. The summed E-state index contributed by atoms with van der Waals surface area (Å²) in [6, 6.07) is 8.64. The van der Waals surface area contributed by atoms with E-state index in [0.29, 0.717) is 35.7 Å². The molecule has 2 aliphatic carbocycles. The lowest BCUT2D eigenvalue weighted by atomic mass is 9.74. The Morgan fingerprint density at radius 3 is 2.44 bits per heavy atom. The van der Waals surface area contributed by atoms with E-state index in [1.807, 2.05) is 20.8 Å². The zero-order chi connectivity index (χ0) is 34.7. The third-order valence-electron chi connectivity index (χ3n) is 9.73. The van der Waals surface area contributed by atoms with Crippen LogP contribution < -0.4 is 11.1 Å². The van der Waals surface area contributed by atoms with Gasteiger partial charge < -0.3 is 11.1 Å². The van der Waals surface area contributed by atoms with Crippen LogP contribution in [0.15, 0.2) is 54.7 Å². The van der Waals surface area contributed by atoms with Gasteiger partial charge in [-0.3, -0.25) is 19.3 Å². The Hall–Kier alpha value is -4.68. The van der Waals surface area contributed by atoms with Gasteiger partial charge in [0.2, 0.25) is 5.91 Å². The molecule has 1 fully saturated rings. The van der Waals surface area contributed by atoms with Crippen molar-refractivity contribution in [1.29, 1.82) is 0 Å². The highest BCUT2D eigenvalue weighted by Gasteiger charge is 2.60. The molecular formula is C35H33F6N5O2. The second-order valence-electron chi connectivity index (χ2n) is 13.2. The molecule has 2 heterocycles. The van der Waals surface area contributed by atoms with Crippen LogP contribution in [0.3, 0.4) is 0 Å². The van der Waals surface area contributed by atoms with Crippen molar-refractivity contribution in [3.05, 3.63) is 106 Å². The predicted octanol–water partition coefficient (Wildman–Crippen LogP) is 7.00. The van der Waals surface area contributed by atoms with Crippen LogP contribution in [-0.4, -0.2) is 26.6 Å². The standard InChI is InChI=1S/C35H33F6N5O2/c1-17(2)29-23-8-9-34(29,3)32-28(23)31(35(39,40)41)45-46(32)16-27(47)44-26(13-18-11-20(36)15-21(37)12-18)30-22(5-4-10-43-30)19-6-7-25(38)24(14-19)33(42)48/h4-7,10-12,14-15,17,23,26,29H,8-9,13,16H2,1-3H3,(H2,42,48)(H,44,47). The normalized spacial score (nSPS) is 20.6. The highest BCUT2D eigenvalue weighted by atomic mass is 19.4. The number of hydrogen-bond donors (Lipinski definition) is 2. The van der Waals surface area contributed by atoms with Crippen molar-refractivity contribution in [3.8, 4) is 11.1 Å². The number of alkyl halides is 3. The molecule has 4 aromatic rings. The van der Waals surface area contributed by atoms with Crippen LogP contribution in [0.4, 0.5) is 26.3 Å². The van der Waals surface area contributed by atoms with Crippen molar-refractivity contribution >= 4 is 11.8 Å². The molecule has 48 heavy (non-hydrogen) atoms. The van der Waals surface area contributed by atoms with Gasteiger partial charge in [-0.15, -0.1) is 0 Å². The van der Waals surface area contributed by atoms with E-state index in [4.69, 9.17) is 5.73 Å². The lowest BCUT2D eigenvalue weighted by Crippen LogP contribution is -2.36. The number of nitrogens with zero attached hydrogens (tertiary/aromatic N) is 3. The molecule has 7 nitrogen and oxygen atoms in total. The number of carbonyl (C=O) groups is 2. The second-order valence-corrected chi connectivity index (χ2v) is 13.2. The Kier molecular flexibility index (Phi) is 8.37. The zero-order valence-electron chi connectivity index (χ0n) is 26.3. The number of halogens is 6. The monoisotopic (exact) mass is 669 g/mol. The molecule has 1 saturated carbocycles. The minimum atomic E-state index is -4.72. The van der Waals surface area contributed by atoms with Crippen LogP contribution in [0.1, 0.15) is 84.1 Å². The van der Waals surface area contributed by atoms with E-state index in [9.17, 15) is 35.9 Å². The summed E-state index contributed by atoms with van der Waals surface area (Å²) >= 11 is 0. The third-order valence-corrected chi connectivity index (χ3v) is 9.73. The number of nitrogens with two attached hydrogens (primary N) is 1. The van der Waals surface area contributed by atoms with Gasteiger partial charge in [0.05, 0.1) is 17.3 Å². The minimum absolute atomic E-state index is 0.0476. The second kappa shape index (κ2) is 12.1. The maximum atomic E-state index is 14.3. The Morgan fingerprint density at radius 2 is 1.79 bits per heavy atom. The van der Waals surface area contributed by atoms with Gasteiger partial charge in [0.25, 0.3) is 5.91 Å². The average molecular weight is 670 g/mol.